The summed E-state index contributed by atoms with van der Waals surface area (Å²) in [5, 5.41) is 15.1. The van der Waals surface area contributed by atoms with E-state index >= 15 is 0 Å². The van der Waals surface area contributed by atoms with Crippen molar-refractivity contribution in [2.75, 3.05) is 32.8 Å². The van der Waals surface area contributed by atoms with Crippen molar-refractivity contribution >= 4 is 29.8 Å². The molecule has 1 aliphatic rings. The lowest BCUT2D eigenvalue weighted by Crippen LogP contribution is -2.53. The first-order valence-electron chi connectivity index (χ1n) is 15.9. The highest BCUT2D eigenvalue weighted by molar-refractivity contribution is 5.94. The molecule has 0 spiro atoms. The van der Waals surface area contributed by atoms with Gasteiger partial charge < -0.3 is 35.0 Å². The SMILES string of the molecule is Cc1ccccc1OCC(=O)N[C@@H](CC(C)C)C(=O)N[C@@H](Cc1ccc(OC(=O)N2CCN(C(=O)c3ccccc3)CC2)cc1)C(=O)O. The molecule has 12 nitrogen and oxygen atoms in total. The van der Waals surface area contributed by atoms with Crippen molar-refractivity contribution in [3.8, 4) is 11.5 Å². The Morgan fingerprint density at radius 3 is 2.04 bits per heavy atom. The number of amides is 4. The quantitative estimate of drug-likeness (QED) is 0.251. The summed E-state index contributed by atoms with van der Waals surface area (Å²) in [6, 6.07) is 20.4. The number of carboxylic acid groups (broad SMARTS) is 1. The van der Waals surface area contributed by atoms with Gasteiger partial charge in [0, 0.05) is 38.2 Å². The lowest BCUT2D eigenvalue weighted by Gasteiger charge is -2.34. The molecular formula is C36H42N4O8. The van der Waals surface area contributed by atoms with Crippen LogP contribution in [0.25, 0.3) is 0 Å². The van der Waals surface area contributed by atoms with Crippen molar-refractivity contribution in [3.63, 3.8) is 0 Å². The molecular weight excluding hydrogens is 616 g/mol. The molecule has 4 rings (SSSR count). The highest BCUT2D eigenvalue weighted by atomic mass is 16.6. The number of benzene rings is 3. The molecule has 2 atom stereocenters. The van der Waals surface area contributed by atoms with Crippen LogP contribution in [0.1, 0.15) is 41.8 Å². The van der Waals surface area contributed by atoms with Crippen LogP contribution in [-0.2, 0) is 20.8 Å². The number of nitrogens with one attached hydrogen (secondary N) is 2. The van der Waals surface area contributed by atoms with E-state index in [4.69, 9.17) is 9.47 Å². The molecule has 0 radical (unpaired) electrons. The number of nitrogens with zero attached hydrogens (tertiary/aromatic N) is 2. The molecule has 3 aromatic rings. The lowest BCUT2D eigenvalue weighted by molar-refractivity contribution is -0.142. The van der Waals surface area contributed by atoms with E-state index < -0.39 is 36.0 Å². The number of hydrogen-bond donors (Lipinski definition) is 3. The largest absolute Gasteiger partial charge is 0.484 e. The third-order valence-corrected chi connectivity index (χ3v) is 7.84. The summed E-state index contributed by atoms with van der Waals surface area (Å²) in [7, 11) is 0. The number of rotatable bonds is 13. The number of ether oxygens (including phenoxy) is 2. The first-order valence-corrected chi connectivity index (χ1v) is 15.9. The molecule has 4 amide bonds. The summed E-state index contributed by atoms with van der Waals surface area (Å²) in [6.07, 6.45) is -0.286. The second-order valence-electron chi connectivity index (χ2n) is 12.1. The average molecular weight is 659 g/mol. The van der Waals surface area contributed by atoms with E-state index in [9.17, 15) is 29.1 Å². The normalized spacial score (nSPS) is 14.1. The Morgan fingerprint density at radius 2 is 1.42 bits per heavy atom. The van der Waals surface area contributed by atoms with Gasteiger partial charge in [-0.15, -0.1) is 0 Å². The molecule has 0 bridgehead atoms. The monoisotopic (exact) mass is 658 g/mol. The molecule has 3 aromatic carbocycles. The van der Waals surface area contributed by atoms with E-state index in [1.54, 1.807) is 65.6 Å². The van der Waals surface area contributed by atoms with Crippen molar-refractivity contribution in [1.29, 1.82) is 0 Å². The number of hydrogen-bond acceptors (Lipinski definition) is 7. The highest BCUT2D eigenvalue weighted by Gasteiger charge is 2.28. The number of aliphatic carboxylic acids is 1. The van der Waals surface area contributed by atoms with Crippen LogP contribution in [0, 0.1) is 12.8 Å². The van der Waals surface area contributed by atoms with Gasteiger partial charge in [-0.2, -0.15) is 0 Å². The van der Waals surface area contributed by atoms with Gasteiger partial charge in [-0.25, -0.2) is 9.59 Å². The molecule has 1 fully saturated rings. The molecule has 0 aliphatic carbocycles. The maximum Gasteiger partial charge on any atom is 0.415 e. The molecule has 0 unspecified atom stereocenters. The van der Waals surface area contributed by atoms with Crippen molar-refractivity contribution in [2.24, 2.45) is 5.92 Å². The number of aryl methyl sites for hydroxylation is 1. The first kappa shape index (κ1) is 35.5. The van der Waals surface area contributed by atoms with E-state index in [-0.39, 0.29) is 30.6 Å². The van der Waals surface area contributed by atoms with Crippen LogP contribution in [0.4, 0.5) is 4.79 Å². The molecule has 0 aromatic heterocycles. The second kappa shape index (κ2) is 17.0. The third kappa shape index (κ3) is 10.3. The zero-order valence-corrected chi connectivity index (χ0v) is 27.4. The van der Waals surface area contributed by atoms with E-state index in [1.807, 2.05) is 39.0 Å². The van der Waals surface area contributed by atoms with Gasteiger partial charge in [-0.05, 0) is 60.7 Å². The highest BCUT2D eigenvalue weighted by Crippen LogP contribution is 2.18. The molecule has 12 heteroatoms. The molecule has 1 saturated heterocycles. The zero-order chi connectivity index (χ0) is 34.6. The smallest absolute Gasteiger partial charge is 0.415 e. The Balaban J connectivity index is 1.28. The summed E-state index contributed by atoms with van der Waals surface area (Å²) in [5.74, 6) is -1.57. The summed E-state index contributed by atoms with van der Waals surface area (Å²) < 4.78 is 11.1. The van der Waals surface area contributed by atoms with Crippen LogP contribution in [0.2, 0.25) is 0 Å². The van der Waals surface area contributed by atoms with Crippen molar-refractivity contribution in [2.45, 2.75) is 45.7 Å². The molecule has 1 heterocycles. The predicted molar refractivity (Wildman–Crippen MR) is 178 cm³/mol. The molecule has 254 valence electrons. The predicted octanol–water partition coefficient (Wildman–Crippen LogP) is 3.67. The van der Waals surface area contributed by atoms with Gasteiger partial charge in [0.05, 0.1) is 0 Å². The van der Waals surface area contributed by atoms with Gasteiger partial charge in [0.1, 0.15) is 23.6 Å². The van der Waals surface area contributed by atoms with Crippen LogP contribution in [0.5, 0.6) is 11.5 Å². The summed E-state index contributed by atoms with van der Waals surface area (Å²) in [4.78, 5) is 66.6. The fourth-order valence-electron chi connectivity index (χ4n) is 5.22. The van der Waals surface area contributed by atoms with Gasteiger partial charge in [-0.1, -0.05) is 62.4 Å². The molecule has 1 aliphatic heterocycles. The van der Waals surface area contributed by atoms with E-state index in [0.29, 0.717) is 49.5 Å². The third-order valence-electron chi connectivity index (χ3n) is 7.84. The van der Waals surface area contributed by atoms with Crippen LogP contribution in [-0.4, -0.2) is 89.6 Å². The Kier molecular flexibility index (Phi) is 12.5. The Labute approximate surface area is 280 Å². The number of piperazine rings is 1. The van der Waals surface area contributed by atoms with Crippen LogP contribution in [0.15, 0.2) is 78.9 Å². The minimum atomic E-state index is -1.27. The first-order chi connectivity index (χ1) is 23.0. The molecule has 0 saturated carbocycles. The minimum Gasteiger partial charge on any atom is -0.484 e. The Hall–Kier alpha value is -5.39. The topological polar surface area (TPSA) is 155 Å². The maximum atomic E-state index is 13.2. The van der Waals surface area contributed by atoms with Gasteiger partial charge in [0.2, 0.25) is 5.91 Å². The van der Waals surface area contributed by atoms with E-state index in [0.717, 1.165) is 5.56 Å². The maximum absolute atomic E-state index is 13.2. The number of carbonyl (C=O) groups excluding carboxylic acids is 4. The number of carbonyl (C=O) groups is 5. The molecule has 3 N–H and O–H groups in total. The fraction of sp³-hybridized carbons (Fsp3) is 0.361. The second-order valence-corrected chi connectivity index (χ2v) is 12.1. The van der Waals surface area contributed by atoms with Crippen LogP contribution in [0.3, 0.4) is 0 Å². The van der Waals surface area contributed by atoms with Gasteiger partial charge >= 0.3 is 12.1 Å². The fourth-order valence-corrected chi connectivity index (χ4v) is 5.22. The van der Waals surface area contributed by atoms with Gasteiger partial charge in [0.25, 0.3) is 11.8 Å². The summed E-state index contributed by atoms with van der Waals surface area (Å²) in [6.45, 7) is 6.77. The van der Waals surface area contributed by atoms with Crippen LogP contribution >= 0.6 is 0 Å². The lowest BCUT2D eigenvalue weighted by atomic mass is 10.0. The van der Waals surface area contributed by atoms with Crippen LogP contribution < -0.4 is 20.1 Å². The van der Waals surface area contributed by atoms with Crippen molar-refractivity contribution < 1.29 is 38.6 Å². The number of para-hydroxylation sites is 1. The van der Waals surface area contributed by atoms with E-state index in [2.05, 4.69) is 10.6 Å². The standard InChI is InChI=1S/C36H42N4O8/c1-24(2)21-29(37-32(41)23-47-31-12-8-7-9-25(31)3)33(42)38-30(35(44)45)22-26-13-15-28(16-14-26)48-36(46)40-19-17-39(18-20-40)34(43)27-10-5-4-6-11-27/h4-16,24,29-30H,17-23H2,1-3H3,(H,37,41)(H,38,42)(H,44,45)/t29-,30-/m0/s1. The minimum absolute atomic E-state index is 0.0363. The average Bonchev–Trinajstić information content (AvgIpc) is 3.08. The molecule has 48 heavy (non-hydrogen) atoms. The Bertz CT molecular complexity index is 1570. The van der Waals surface area contributed by atoms with Crippen molar-refractivity contribution in [3.05, 3.63) is 95.6 Å². The van der Waals surface area contributed by atoms with E-state index in [1.165, 1.54) is 4.90 Å². The van der Waals surface area contributed by atoms with Gasteiger partial charge in [-0.3, -0.25) is 14.4 Å². The Morgan fingerprint density at radius 1 is 0.792 bits per heavy atom. The number of carboxylic acids is 1. The van der Waals surface area contributed by atoms with Crippen molar-refractivity contribution in [1.82, 2.24) is 20.4 Å². The zero-order valence-electron chi connectivity index (χ0n) is 27.4. The summed E-state index contributed by atoms with van der Waals surface area (Å²) >= 11 is 0. The summed E-state index contributed by atoms with van der Waals surface area (Å²) in [5.41, 5.74) is 2.05. The van der Waals surface area contributed by atoms with Gasteiger partial charge in [0.15, 0.2) is 6.61 Å².